The van der Waals surface area contributed by atoms with Crippen LogP contribution in [0.1, 0.15) is 16.1 Å². The van der Waals surface area contributed by atoms with Crippen LogP contribution in [0.2, 0.25) is 0 Å². The number of nitro groups is 1. The number of hydrogen-bond donors (Lipinski definition) is 1. The van der Waals surface area contributed by atoms with Crippen LogP contribution in [0.5, 0.6) is 0 Å². The summed E-state index contributed by atoms with van der Waals surface area (Å²) in [5.74, 6) is -1.15. The van der Waals surface area contributed by atoms with Crippen molar-refractivity contribution in [3.8, 4) is 0 Å². The highest BCUT2D eigenvalue weighted by Crippen LogP contribution is 2.33. The molecule has 0 unspecified atom stereocenters. The lowest BCUT2D eigenvalue weighted by molar-refractivity contribution is -0.384. The predicted molar refractivity (Wildman–Crippen MR) is 77.0 cm³/mol. The van der Waals surface area contributed by atoms with E-state index in [9.17, 15) is 28.1 Å². The van der Waals surface area contributed by atoms with E-state index in [0.29, 0.717) is 6.07 Å². The highest BCUT2D eigenvalue weighted by atomic mass is 19.4. The molecule has 0 bridgehead atoms. The zero-order chi connectivity index (χ0) is 17.9. The minimum Gasteiger partial charge on any atom is -0.465 e. The first-order chi connectivity index (χ1) is 11.2. The average Bonchev–Trinajstić information content (AvgIpc) is 2.53. The Morgan fingerprint density at radius 3 is 2.33 bits per heavy atom. The summed E-state index contributed by atoms with van der Waals surface area (Å²) in [6, 6.07) is 6.68. The Kier molecular flexibility index (Phi) is 4.67. The molecule has 1 heterocycles. The summed E-state index contributed by atoms with van der Waals surface area (Å²) < 4.78 is 42.6. The van der Waals surface area contributed by atoms with E-state index < -0.39 is 34.3 Å². The van der Waals surface area contributed by atoms with Crippen LogP contribution in [0.3, 0.4) is 0 Å². The first kappa shape index (κ1) is 17.2. The van der Waals surface area contributed by atoms with Crippen LogP contribution in [0.25, 0.3) is 0 Å². The molecule has 2 aromatic rings. The largest absolute Gasteiger partial charge is 0.465 e. The number of hydrogen-bond acceptors (Lipinski definition) is 6. The number of rotatable bonds is 4. The van der Waals surface area contributed by atoms with Crippen molar-refractivity contribution in [2.24, 2.45) is 0 Å². The third kappa shape index (κ3) is 3.77. The van der Waals surface area contributed by atoms with Crippen molar-refractivity contribution in [2.45, 2.75) is 6.18 Å². The Morgan fingerprint density at radius 2 is 1.83 bits per heavy atom. The summed E-state index contributed by atoms with van der Waals surface area (Å²) in [6.07, 6.45) is -4.74. The number of esters is 1. The van der Waals surface area contributed by atoms with Gasteiger partial charge in [0.15, 0.2) is 0 Å². The Hall–Kier alpha value is -3.17. The van der Waals surface area contributed by atoms with Gasteiger partial charge in [-0.3, -0.25) is 10.1 Å². The SMILES string of the molecule is COC(=O)c1ccc(Nc2nc(C(F)(F)F)ccc2[N+](=O)[O-])cc1. The molecule has 24 heavy (non-hydrogen) atoms. The van der Waals surface area contributed by atoms with E-state index in [0.717, 1.165) is 6.07 Å². The second-order valence-corrected chi connectivity index (χ2v) is 4.51. The summed E-state index contributed by atoms with van der Waals surface area (Å²) in [4.78, 5) is 24.7. The lowest BCUT2D eigenvalue weighted by atomic mass is 10.2. The van der Waals surface area contributed by atoms with Gasteiger partial charge in [0.05, 0.1) is 17.6 Å². The second-order valence-electron chi connectivity index (χ2n) is 4.51. The molecular weight excluding hydrogens is 331 g/mol. The quantitative estimate of drug-likeness (QED) is 0.519. The molecule has 7 nitrogen and oxygen atoms in total. The number of benzene rings is 1. The van der Waals surface area contributed by atoms with Gasteiger partial charge in [-0.1, -0.05) is 0 Å². The fourth-order valence-corrected chi connectivity index (χ4v) is 1.79. The second kappa shape index (κ2) is 6.52. The number of halogens is 3. The molecule has 10 heteroatoms. The van der Waals surface area contributed by atoms with Gasteiger partial charge in [0.1, 0.15) is 5.69 Å². The molecule has 0 amide bonds. The van der Waals surface area contributed by atoms with Crippen molar-refractivity contribution in [1.29, 1.82) is 0 Å². The van der Waals surface area contributed by atoms with E-state index in [1.54, 1.807) is 0 Å². The van der Waals surface area contributed by atoms with Gasteiger partial charge in [-0.05, 0) is 30.3 Å². The number of ether oxygens (including phenoxy) is 1. The van der Waals surface area contributed by atoms with Crippen LogP contribution in [-0.2, 0) is 10.9 Å². The molecule has 0 fully saturated rings. The lowest BCUT2D eigenvalue weighted by Gasteiger charge is -2.10. The summed E-state index contributed by atoms with van der Waals surface area (Å²) in [6.45, 7) is 0. The van der Waals surface area contributed by atoms with Gasteiger partial charge in [0.25, 0.3) is 0 Å². The Balaban J connectivity index is 2.36. The van der Waals surface area contributed by atoms with Crippen molar-refractivity contribution in [3.05, 3.63) is 57.8 Å². The van der Waals surface area contributed by atoms with Gasteiger partial charge in [-0.25, -0.2) is 9.78 Å². The number of anilines is 2. The molecule has 0 aliphatic carbocycles. The fraction of sp³-hybridized carbons (Fsp3) is 0.143. The molecule has 0 saturated heterocycles. The Bertz CT molecular complexity index is 776. The number of methoxy groups -OCH3 is 1. The predicted octanol–water partition coefficient (Wildman–Crippen LogP) is 3.54. The molecule has 0 atom stereocenters. The maximum Gasteiger partial charge on any atom is 0.433 e. The normalized spacial score (nSPS) is 11.0. The Morgan fingerprint density at radius 1 is 1.21 bits per heavy atom. The highest BCUT2D eigenvalue weighted by Gasteiger charge is 2.34. The van der Waals surface area contributed by atoms with E-state index in [2.05, 4.69) is 15.0 Å². The third-order valence-corrected chi connectivity index (χ3v) is 2.93. The number of carbonyl (C=O) groups is 1. The minimum absolute atomic E-state index is 0.217. The maximum absolute atomic E-state index is 12.7. The number of aromatic nitrogens is 1. The summed E-state index contributed by atoms with van der Waals surface area (Å²) in [7, 11) is 1.20. The van der Waals surface area contributed by atoms with E-state index in [-0.39, 0.29) is 11.3 Å². The Labute approximate surface area is 133 Å². The topological polar surface area (TPSA) is 94.4 Å². The van der Waals surface area contributed by atoms with Gasteiger partial charge >= 0.3 is 17.8 Å². The first-order valence-electron chi connectivity index (χ1n) is 6.40. The zero-order valence-corrected chi connectivity index (χ0v) is 12.1. The van der Waals surface area contributed by atoms with Crippen LogP contribution >= 0.6 is 0 Å². The molecule has 126 valence electrons. The summed E-state index contributed by atoms with van der Waals surface area (Å²) >= 11 is 0. The van der Waals surface area contributed by atoms with Crippen LogP contribution in [0.15, 0.2) is 36.4 Å². The molecule has 0 saturated carbocycles. The van der Waals surface area contributed by atoms with Gasteiger partial charge in [-0.15, -0.1) is 0 Å². The fourth-order valence-electron chi connectivity index (χ4n) is 1.79. The number of alkyl halides is 3. The zero-order valence-electron chi connectivity index (χ0n) is 12.1. The van der Waals surface area contributed by atoms with Gasteiger partial charge in [0, 0.05) is 11.8 Å². The number of nitrogens with zero attached hydrogens (tertiary/aromatic N) is 2. The van der Waals surface area contributed by atoms with Gasteiger partial charge in [-0.2, -0.15) is 13.2 Å². The molecule has 0 aliphatic rings. The van der Waals surface area contributed by atoms with Crippen molar-refractivity contribution in [1.82, 2.24) is 4.98 Å². The average molecular weight is 341 g/mol. The highest BCUT2D eigenvalue weighted by molar-refractivity contribution is 5.89. The monoisotopic (exact) mass is 341 g/mol. The van der Waals surface area contributed by atoms with E-state index in [1.165, 1.54) is 31.4 Å². The summed E-state index contributed by atoms with van der Waals surface area (Å²) in [5.41, 5.74) is -1.44. The van der Waals surface area contributed by atoms with Crippen LogP contribution in [-0.4, -0.2) is 23.0 Å². The van der Waals surface area contributed by atoms with Crippen LogP contribution in [0, 0.1) is 10.1 Å². The van der Waals surface area contributed by atoms with Crippen LogP contribution in [0.4, 0.5) is 30.4 Å². The molecule has 1 N–H and O–H groups in total. The molecule has 0 spiro atoms. The number of pyridine rings is 1. The summed E-state index contributed by atoms with van der Waals surface area (Å²) in [5, 5.41) is 13.4. The van der Waals surface area contributed by atoms with Crippen LogP contribution < -0.4 is 5.32 Å². The maximum atomic E-state index is 12.7. The van der Waals surface area contributed by atoms with Crippen molar-refractivity contribution < 1.29 is 27.6 Å². The standard InChI is InChI=1S/C14H10F3N3O4/c1-24-13(21)8-2-4-9(5-3-8)18-12-10(20(22)23)6-7-11(19-12)14(15,16)17/h2-7H,1H3,(H,18,19). The van der Waals surface area contributed by atoms with Crippen molar-refractivity contribution in [3.63, 3.8) is 0 Å². The smallest absolute Gasteiger partial charge is 0.433 e. The molecule has 0 radical (unpaired) electrons. The number of nitrogens with one attached hydrogen (secondary N) is 1. The van der Waals surface area contributed by atoms with E-state index in [1.807, 2.05) is 0 Å². The van der Waals surface area contributed by atoms with Gasteiger partial charge < -0.3 is 10.1 Å². The molecule has 1 aromatic heterocycles. The molecule has 1 aromatic carbocycles. The van der Waals surface area contributed by atoms with Crippen molar-refractivity contribution >= 4 is 23.2 Å². The number of carbonyl (C=O) groups excluding carboxylic acids is 1. The molecular formula is C14H10F3N3O4. The minimum atomic E-state index is -4.74. The van der Waals surface area contributed by atoms with E-state index >= 15 is 0 Å². The molecule has 2 rings (SSSR count). The lowest BCUT2D eigenvalue weighted by Crippen LogP contribution is -2.10. The van der Waals surface area contributed by atoms with E-state index in [4.69, 9.17) is 0 Å². The first-order valence-corrected chi connectivity index (χ1v) is 6.40. The van der Waals surface area contributed by atoms with Gasteiger partial charge in [0.2, 0.25) is 5.82 Å². The third-order valence-electron chi connectivity index (χ3n) is 2.93. The van der Waals surface area contributed by atoms with Crippen molar-refractivity contribution in [2.75, 3.05) is 12.4 Å². The molecule has 0 aliphatic heterocycles.